The number of ketones is 1. The molecule has 3 rings (SSSR count). The summed E-state index contributed by atoms with van der Waals surface area (Å²) in [4.78, 5) is 24.3. The molecule has 0 saturated carbocycles. The first-order valence-electron chi connectivity index (χ1n) is 9.09. The number of sulfonamides is 1. The predicted molar refractivity (Wildman–Crippen MR) is 113 cm³/mol. The summed E-state index contributed by atoms with van der Waals surface area (Å²) in [6.07, 6.45) is 1.83. The van der Waals surface area contributed by atoms with Gasteiger partial charge in [-0.2, -0.15) is 4.31 Å². The lowest BCUT2D eigenvalue weighted by Crippen LogP contribution is -2.49. The van der Waals surface area contributed by atoms with Crippen molar-refractivity contribution in [3.8, 4) is 0 Å². The summed E-state index contributed by atoms with van der Waals surface area (Å²) in [7, 11) is -3.89. The number of benzene rings is 2. The Morgan fingerprint density at radius 1 is 1.03 bits per heavy atom. The van der Waals surface area contributed by atoms with E-state index >= 15 is 0 Å². The lowest BCUT2D eigenvalue weighted by molar-refractivity contribution is -0.120. The highest BCUT2D eigenvalue weighted by Crippen LogP contribution is 2.28. The molecule has 2 aromatic carbocycles. The molecule has 0 spiro atoms. The fourth-order valence-corrected chi connectivity index (χ4v) is 5.21. The highest BCUT2D eigenvalue weighted by molar-refractivity contribution is 7.89. The Morgan fingerprint density at radius 2 is 1.72 bits per heavy atom. The van der Waals surface area contributed by atoms with Crippen molar-refractivity contribution in [2.45, 2.75) is 37.1 Å². The van der Waals surface area contributed by atoms with Crippen LogP contribution in [-0.2, 0) is 14.8 Å². The van der Waals surface area contributed by atoms with Gasteiger partial charge in [0.15, 0.2) is 5.78 Å². The van der Waals surface area contributed by atoms with Crippen LogP contribution in [0.2, 0.25) is 10.0 Å². The average molecular weight is 455 g/mol. The van der Waals surface area contributed by atoms with Gasteiger partial charge < -0.3 is 5.32 Å². The third-order valence-corrected chi connectivity index (χ3v) is 7.47. The van der Waals surface area contributed by atoms with Crippen molar-refractivity contribution < 1.29 is 18.0 Å². The molecule has 29 heavy (non-hydrogen) atoms. The van der Waals surface area contributed by atoms with Gasteiger partial charge in [0.1, 0.15) is 6.04 Å². The van der Waals surface area contributed by atoms with Crippen LogP contribution in [0.4, 0.5) is 5.69 Å². The molecule has 1 saturated heterocycles. The molecular weight excluding hydrogens is 435 g/mol. The van der Waals surface area contributed by atoms with E-state index in [1.165, 1.54) is 41.6 Å². The number of amides is 1. The Morgan fingerprint density at radius 3 is 2.34 bits per heavy atom. The highest BCUT2D eigenvalue weighted by Gasteiger charge is 2.37. The maximum Gasteiger partial charge on any atom is 0.243 e. The van der Waals surface area contributed by atoms with Crippen LogP contribution in [0.3, 0.4) is 0 Å². The molecule has 1 N–H and O–H groups in total. The van der Waals surface area contributed by atoms with Crippen molar-refractivity contribution in [3.63, 3.8) is 0 Å². The zero-order chi connectivity index (χ0) is 21.2. The molecule has 1 aliphatic heterocycles. The number of halogens is 2. The predicted octanol–water partition coefficient (Wildman–Crippen LogP) is 4.38. The molecule has 1 heterocycles. The normalized spacial score (nSPS) is 17.7. The highest BCUT2D eigenvalue weighted by atomic mass is 35.5. The maximum atomic E-state index is 13.2. The minimum absolute atomic E-state index is 0.0525. The van der Waals surface area contributed by atoms with Gasteiger partial charge in [-0.3, -0.25) is 9.59 Å². The van der Waals surface area contributed by atoms with Gasteiger partial charge in [0.25, 0.3) is 0 Å². The van der Waals surface area contributed by atoms with Crippen LogP contribution in [0.25, 0.3) is 0 Å². The van der Waals surface area contributed by atoms with Gasteiger partial charge in [0, 0.05) is 17.8 Å². The van der Waals surface area contributed by atoms with Gasteiger partial charge in [0.2, 0.25) is 15.9 Å². The second kappa shape index (κ2) is 8.83. The lowest BCUT2D eigenvalue weighted by atomic mass is 10.0. The molecule has 154 valence electrons. The molecule has 1 aliphatic rings. The second-order valence-electron chi connectivity index (χ2n) is 6.83. The molecule has 0 aromatic heterocycles. The van der Waals surface area contributed by atoms with E-state index in [4.69, 9.17) is 23.2 Å². The van der Waals surface area contributed by atoms with E-state index in [1.807, 2.05) is 0 Å². The number of piperidine rings is 1. The molecule has 1 fully saturated rings. The molecule has 1 atom stereocenters. The fourth-order valence-electron chi connectivity index (χ4n) is 3.25. The number of anilines is 1. The number of carbonyl (C=O) groups is 2. The van der Waals surface area contributed by atoms with Crippen molar-refractivity contribution in [1.82, 2.24) is 4.31 Å². The van der Waals surface area contributed by atoms with Crippen molar-refractivity contribution in [3.05, 3.63) is 58.1 Å². The number of hydrogen-bond acceptors (Lipinski definition) is 4. The summed E-state index contributed by atoms with van der Waals surface area (Å²) in [6, 6.07) is 9.59. The molecule has 2 aromatic rings. The van der Waals surface area contributed by atoms with E-state index in [0.29, 0.717) is 34.1 Å². The summed E-state index contributed by atoms with van der Waals surface area (Å²) < 4.78 is 27.5. The number of Topliss-reactive ketones (excluding diaryl/α,β-unsaturated/α-hetero) is 1. The van der Waals surface area contributed by atoms with E-state index in [0.717, 1.165) is 6.42 Å². The first-order chi connectivity index (χ1) is 13.7. The van der Waals surface area contributed by atoms with Gasteiger partial charge in [0.05, 0.1) is 14.9 Å². The Bertz CT molecular complexity index is 1040. The fraction of sp³-hybridized carbons (Fsp3) is 0.300. The number of rotatable bonds is 5. The number of nitrogens with one attached hydrogen (secondary N) is 1. The second-order valence-corrected chi connectivity index (χ2v) is 9.53. The molecule has 9 heteroatoms. The smallest absolute Gasteiger partial charge is 0.243 e. The monoisotopic (exact) mass is 454 g/mol. The quantitative estimate of drug-likeness (QED) is 0.679. The number of hydrogen-bond donors (Lipinski definition) is 1. The van der Waals surface area contributed by atoms with Crippen molar-refractivity contribution in [2.24, 2.45) is 0 Å². The van der Waals surface area contributed by atoms with Gasteiger partial charge >= 0.3 is 0 Å². The van der Waals surface area contributed by atoms with Gasteiger partial charge in [-0.25, -0.2) is 8.42 Å². The number of carbonyl (C=O) groups excluding carboxylic acids is 2. The zero-order valence-corrected chi connectivity index (χ0v) is 18.0. The first kappa shape index (κ1) is 21.8. The summed E-state index contributed by atoms with van der Waals surface area (Å²) in [6.45, 7) is 1.66. The van der Waals surface area contributed by atoms with Gasteiger partial charge in [-0.1, -0.05) is 41.8 Å². The lowest BCUT2D eigenvalue weighted by Gasteiger charge is -2.33. The summed E-state index contributed by atoms with van der Waals surface area (Å²) in [5.74, 6) is -0.571. The molecule has 0 unspecified atom stereocenters. The van der Waals surface area contributed by atoms with E-state index in [-0.39, 0.29) is 17.2 Å². The Kier molecular flexibility index (Phi) is 6.63. The van der Waals surface area contributed by atoms with Crippen molar-refractivity contribution in [1.29, 1.82) is 0 Å². The van der Waals surface area contributed by atoms with Crippen LogP contribution >= 0.6 is 23.2 Å². The third-order valence-electron chi connectivity index (χ3n) is 4.81. The number of nitrogens with zero attached hydrogens (tertiary/aromatic N) is 1. The molecule has 0 bridgehead atoms. The van der Waals surface area contributed by atoms with Crippen LogP contribution in [0, 0.1) is 0 Å². The van der Waals surface area contributed by atoms with Crippen LogP contribution in [0.5, 0.6) is 0 Å². The van der Waals surface area contributed by atoms with Gasteiger partial charge in [-0.15, -0.1) is 0 Å². The summed E-state index contributed by atoms with van der Waals surface area (Å²) in [5.41, 5.74) is 0.870. The summed E-state index contributed by atoms with van der Waals surface area (Å²) >= 11 is 11.9. The Balaban J connectivity index is 1.85. The molecule has 1 amide bonds. The topological polar surface area (TPSA) is 83.6 Å². The average Bonchev–Trinajstić information content (AvgIpc) is 2.70. The minimum Gasteiger partial charge on any atom is -0.325 e. The SMILES string of the molecule is CC(=O)c1ccc(S(=O)(=O)N2CCCC[C@H]2C(=O)Nc2ccc(Cl)c(Cl)c2)cc1. The molecule has 6 nitrogen and oxygen atoms in total. The Hall–Kier alpha value is -1.93. The standard InChI is InChI=1S/C20H20Cl2N2O4S/c1-13(25)14-5-8-16(9-6-14)29(27,28)24-11-3-2-4-19(24)20(26)23-15-7-10-17(21)18(22)12-15/h5-10,12,19H,2-4,11H2,1H3,(H,23,26)/t19-/m0/s1. The molecule has 0 radical (unpaired) electrons. The van der Waals surface area contributed by atoms with E-state index in [1.54, 1.807) is 12.1 Å². The minimum atomic E-state index is -3.89. The van der Waals surface area contributed by atoms with Crippen molar-refractivity contribution >= 4 is 50.6 Å². The third kappa shape index (κ3) is 4.80. The van der Waals surface area contributed by atoms with E-state index in [2.05, 4.69) is 5.32 Å². The van der Waals surface area contributed by atoms with Gasteiger partial charge in [-0.05, 0) is 50.1 Å². The maximum absolute atomic E-state index is 13.2. The Labute approximate surface area is 179 Å². The van der Waals surface area contributed by atoms with Crippen LogP contribution in [0.15, 0.2) is 47.4 Å². The summed E-state index contributed by atoms with van der Waals surface area (Å²) in [5, 5.41) is 3.38. The first-order valence-corrected chi connectivity index (χ1v) is 11.3. The van der Waals surface area contributed by atoms with Crippen LogP contribution in [0.1, 0.15) is 36.5 Å². The van der Waals surface area contributed by atoms with Crippen LogP contribution < -0.4 is 5.32 Å². The zero-order valence-electron chi connectivity index (χ0n) is 15.7. The van der Waals surface area contributed by atoms with Crippen LogP contribution in [-0.4, -0.2) is 37.0 Å². The van der Waals surface area contributed by atoms with E-state index < -0.39 is 22.0 Å². The van der Waals surface area contributed by atoms with E-state index in [9.17, 15) is 18.0 Å². The largest absolute Gasteiger partial charge is 0.325 e. The molecular formula is C20H20Cl2N2O4S. The molecule has 0 aliphatic carbocycles. The van der Waals surface area contributed by atoms with Crippen molar-refractivity contribution in [2.75, 3.05) is 11.9 Å².